The number of primary amides is 2. The molecule has 0 bridgehead atoms. The molecule has 4 aromatic rings. The molecule has 79 heavy (non-hydrogen) atoms. The van der Waals surface area contributed by atoms with Crippen LogP contribution in [0.15, 0.2) is 67.3 Å². The number of carbonyl (C=O) groups is 11. The molecule has 0 aliphatic heterocycles. The number of nitrogens with zero attached hydrogens (tertiary/aromatic N) is 1. The van der Waals surface area contributed by atoms with Crippen molar-refractivity contribution in [1.82, 2.24) is 36.2 Å². The van der Waals surface area contributed by atoms with Gasteiger partial charge in [0.05, 0.1) is 31.0 Å². The molecule has 0 saturated carbocycles. The van der Waals surface area contributed by atoms with Crippen LogP contribution in [0.2, 0.25) is 0 Å². The number of rotatable bonds is 37. The van der Waals surface area contributed by atoms with E-state index >= 15 is 0 Å². The standard InChI is InChI=1S/C57H78N10O11S/c1-32(2)21-44(50(72)25-37(54(60)75)19-20-79-6)66-57(78)46(27-40-30-61-31-63-40)64-52(74)18-16-47(69)53(33(3)4)67-55(76)34(5)22-49(71)45(24-39-29-62-43-10-8-7-9-42(39)43)65-56(77)38(15-17-51(59)73)26-48(70)36-13-11-35(12-14-36)23-41(68)28-58/h7-14,29-34,37-38,44-46,53,62H,15-28,58H2,1-6H3,(H2,59,73)(H2,60,75)(H,61,63)(H,64,74)(H,65,77)(H,66,78)(H,67,76)/t34-,37-,38-,44+,45+,46+,53+/m1/s1. The van der Waals surface area contributed by atoms with Gasteiger partial charge >= 0.3 is 0 Å². The topological polar surface area (TPSA) is 358 Å². The smallest absolute Gasteiger partial charge is 0.243 e. The predicted molar refractivity (Wildman–Crippen MR) is 300 cm³/mol. The average molecular weight is 1110 g/mol. The number of ketones is 5. The fourth-order valence-corrected chi connectivity index (χ4v) is 9.61. The normalized spacial score (nSPS) is 14.0. The molecule has 7 atom stereocenters. The summed E-state index contributed by atoms with van der Waals surface area (Å²) in [5, 5.41) is 11.8. The largest absolute Gasteiger partial charge is 0.370 e. The SMILES string of the molecule is CSCC[C@H](CC(=O)[C@H](CC(C)C)NC(=O)[C@H](Cc1cnc[nH]1)NC(=O)CCC(=O)[C@@H](NC(=O)[C@H](C)CC(=O)[C@H](Cc1c[nH]c2ccccc12)NC(=O)[C@H](CCC(N)=O)CC(=O)c1ccc(CC(=O)CN)cc1)C(C)C)C(N)=O. The van der Waals surface area contributed by atoms with Crippen LogP contribution in [-0.2, 0) is 67.2 Å². The van der Waals surface area contributed by atoms with E-state index in [1.165, 1.54) is 43.3 Å². The van der Waals surface area contributed by atoms with Gasteiger partial charge in [0.2, 0.25) is 35.4 Å². The first-order valence-electron chi connectivity index (χ1n) is 26.7. The van der Waals surface area contributed by atoms with E-state index in [0.29, 0.717) is 29.0 Å². The van der Waals surface area contributed by atoms with Crippen molar-refractivity contribution in [3.63, 3.8) is 0 Å². The minimum absolute atomic E-state index is 0.00547. The summed E-state index contributed by atoms with van der Waals surface area (Å²) in [7, 11) is 0. The second-order valence-electron chi connectivity index (χ2n) is 21.0. The van der Waals surface area contributed by atoms with Crippen LogP contribution in [0.25, 0.3) is 10.9 Å². The minimum Gasteiger partial charge on any atom is -0.370 e. The number of nitrogens with two attached hydrogens (primary N) is 3. The monoisotopic (exact) mass is 1110 g/mol. The number of amides is 6. The van der Waals surface area contributed by atoms with Crippen LogP contribution in [0, 0.1) is 29.6 Å². The molecule has 12 N–H and O–H groups in total. The third-order valence-electron chi connectivity index (χ3n) is 13.7. The summed E-state index contributed by atoms with van der Waals surface area (Å²) in [6.07, 6.45) is 5.29. The molecule has 0 spiro atoms. The van der Waals surface area contributed by atoms with Crippen molar-refractivity contribution in [3.8, 4) is 0 Å². The molecule has 2 aromatic carbocycles. The lowest BCUT2D eigenvalue weighted by atomic mass is 9.90. The molecule has 0 saturated heterocycles. The van der Waals surface area contributed by atoms with Gasteiger partial charge in [0, 0.05) is 110 Å². The molecule has 2 aromatic heterocycles. The Labute approximate surface area is 465 Å². The van der Waals surface area contributed by atoms with Crippen LogP contribution in [0.5, 0.6) is 0 Å². The van der Waals surface area contributed by atoms with E-state index in [1.807, 2.05) is 44.4 Å². The number of benzene rings is 2. The highest BCUT2D eigenvalue weighted by Gasteiger charge is 2.34. The number of Topliss-reactive ketones (excluding diaryl/α,β-unsaturated/α-hetero) is 5. The van der Waals surface area contributed by atoms with Crippen LogP contribution >= 0.6 is 11.8 Å². The summed E-state index contributed by atoms with van der Waals surface area (Å²) in [5.41, 5.74) is 19.4. The fourth-order valence-electron chi connectivity index (χ4n) is 9.09. The van der Waals surface area contributed by atoms with Gasteiger partial charge in [-0.2, -0.15) is 11.8 Å². The number of hydrogen-bond acceptors (Lipinski definition) is 14. The highest BCUT2D eigenvalue weighted by atomic mass is 32.2. The summed E-state index contributed by atoms with van der Waals surface area (Å²) in [6.45, 7) is 8.55. The number of imidazole rings is 1. The van der Waals surface area contributed by atoms with E-state index < -0.39 is 101 Å². The summed E-state index contributed by atoms with van der Waals surface area (Å²) >= 11 is 1.51. The van der Waals surface area contributed by atoms with Crippen LogP contribution < -0.4 is 38.5 Å². The number of H-pyrrole nitrogens is 2. The predicted octanol–water partition coefficient (Wildman–Crippen LogP) is 3.30. The third-order valence-corrected chi connectivity index (χ3v) is 14.3. The van der Waals surface area contributed by atoms with Crippen molar-refractivity contribution in [2.45, 2.75) is 136 Å². The zero-order valence-electron chi connectivity index (χ0n) is 46.0. The molecule has 21 nitrogen and oxygen atoms in total. The van der Waals surface area contributed by atoms with Crippen LogP contribution in [0.4, 0.5) is 0 Å². The first kappa shape index (κ1) is 64.2. The van der Waals surface area contributed by atoms with Gasteiger partial charge in [-0.3, -0.25) is 52.7 Å². The summed E-state index contributed by atoms with van der Waals surface area (Å²) in [4.78, 5) is 157. The molecule has 0 aliphatic rings. The number of aromatic nitrogens is 3. The molecule has 0 unspecified atom stereocenters. The Hall–Kier alpha value is -7.33. The van der Waals surface area contributed by atoms with Gasteiger partial charge in [0.25, 0.3) is 0 Å². The van der Waals surface area contributed by atoms with E-state index in [1.54, 1.807) is 32.2 Å². The number of aromatic amines is 2. The van der Waals surface area contributed by atoms with Crippen molar-refractivity contribution >= 4 is 87.0 Å². The summed E-state index contributed by atoms with van der Waals surface area (Å²) in [6, 6.07) is 9.19. The molecule has 0 fully saturated rings. The van der Waals surface area contributed by atoms with Crippen molar-refractivity contribution < 1.29 is 52.7 Å². The maximum atomic E-state index is 14.4. The van der Waals surface area contributed by atoms with Gasteiger partial charge in [0.15, 0.2) is 28.9 Å². The molecular weight excluding hydrogens is 1030 g/mol. The number of carbonyl (C=O) groups excluding carboxylic acids is 11. The molecule has 428 valence electrons. The Balaban J connectivity index is 1.46. The first-order chi connectivity index (χ1) is 37.5. The summed E-state index contributed by atoms with van der Waals surface area (Å²) < 4.78 is 0. The Morgan fingerprint density at radius 2 is 1.35 bits per heavy atom. The molecule has 0 aliphatic carbocycles. The Morgan fingerprint density at radius 3 is 1.97 bits per heavy atom. The van der Waals surface area contributed by atoms with Gasteiger partial charge < -0.3 is 48.4 Å². The van der Waals surface area contributed by atoms with Crippen molar-refractivity contribution in [3.05, 3.63) is 89.6 Å². The molecule has 0 radical (unpaired) electrons. The maximum Gasteiger partial charge on any atom is 0.243 e. The highest BCUT2D eigenvalue weighted by Crippen LogP contribution is 2.23. The molecule has 2 heterocycles. The van der Waals surface area contributed by atoms with E-state index in [-0.39, 0.29) is 100 Å². The molecule has 4 rings (SSSR count). The molecular formula is C57H78N10O11S. The summed E-state index contributed by atoms with van der Waals surface area (Å²) in [5.74, 6) is -8.63. The van der Waals surface area contributed by atoms with Crippen LogP contribution in [0.1, 0.15) is 120 Å². The quantitative estimate of drug-likeness (QED) is 0.0293. The fraction of sp³-hybridized carbons (Fsp3) is 0.509. The number of hydrogen-bond donors (Lipinski definition) is 9. The Kier molecular flexibility index (Phi) is 25.9. The highest BCUT2D eigenvalue weighted by molar-refractivity contribution is 7.98. The van der Waals surface area contributed by atoms with Gasteiger partial charge in [-0.15, -0.1) is 0 Å². The third kappa shape index (κ3) is 21.1. The molecule has 22 heteroatoms. The first-order valence-corrected chi connectivity index (χ1v) is 28.1. The van der Waals surface area contributed by atoms with Gasteiger partial charge in [-0.05, 0) is 60.3 Å². The zero-order valence-corrected chi connectivity index (χ0v) is 46.8. The van der Waals surface area contributed by atoms with E-state index in [4.69, 9.17) is 17.2 Å². The number of para-hydroxylation sites is 1. The van der Waals surface area contributed by atoms with Crippen molar-refractivity contribution in [2.24, 2.45) is 46.8 Å². The Bertz CT molecular complexity index is 2760. The number of nitrogens with one attached hydrogen (secondary N) is 6. The minimum atomic E-state index is -1.21. The zero-order chi connectivity index (χ0) is 58.3. The lowest BCUT2D eigenvalue weighted by Gasteiger charge is -2.25. The van der Waals surface area contributed by atoms with E-state index in [9.17, 15) is 52.7 Å². The number of fused-ring (bicyclic) bond motifs is 1. The molecule has 6 amide bonds. The van der Waals surface area contributed by atoms with Crippen molar-refractivity contribution in [2.75, 3.05) is 18.6 Å². The lowest BCUT2D eigenvalue weighted by molar-refractivity contribution is -0.135. The van der Waals surface area contributed by atoms with Gasteiger partial charge in [-0.25, -0.2) is 4.98 Å². The van der Waals surface area contributed by atoms with E-state index in [0.717, 1.165) is 10.9 Å². The van der Waals surface area contributed by atoms with Crippen LogP contribution in [-0.4, -0.2) is 122 Å². The second-order valence-corrected chi connectivity index (χ2v) is 22.0. The number of thioether (sulfide) groups is 1. The maximum absolute atomic E-state index is 14.4. The lowest BCUT2D eigenvalue weighted by Crippen LogP contribution is -2.53. The van der Waals surface area contributed by atoms with Crippen molar-refractivity contribution in [1.29, 1.82) is 0 Å². The average Bonchev–Trinajstić information content (AvgIpc) is 4.08. The van der Waals surface area contributed by atoms with Gasteiger partial charge in [0.1, 0.15) is 6.04 Å². The van der Waals surface area contributed by atoms with E-state index in [2.05, 4.69) is 36.2 Å². The Morgan fingerprint density at radius 1 is 0.671 bits per heavy atom. The van der Waals surface area contributed by atoms with Gasteiger partial charge in [-0.1, -0.05) is 77.1 Å². The van der Waals surface area contributed by atoms with Crippen LogP contribution in [0.3, 0.4) is 0 Å². The second kappa shape index (κ2) is 31.9.